The Morgan fingerprint density at radius 3 is 2.62 bits per heavy atom. The molecule has 5 heteroatoms. The van der Waals surface area contributed by atoms with Gasteiger partial charge < -0.3 is 10.4 Å². The highest BCUT2D eigenvalue weighted by Crippen LogP contribution is 2.39. The largest absolute Gasteiger partial charge is 0.394 e. The summed E-state index contributed by atoms with van der Waals surface area (Å²) >= 11 is 0. The molecule has 1 aliphatic carbocycles. The lowest BCUT2D eigenvalue weighted by molar-refractivity contribution is 0.0810. The SMILES string of the molecule is CCC(CC)n1nc(C)cc1C(=O)NC(C)(CO)C1CC1. The van der Waals surface area contributed by atoms with Crippen molar-refractivity contribution < 1.29 is 9.90 Å². The van der Waals surface area contributed by atoms with Crippen LogP contribution in [-0.4, -0.2) is 32.9 Å². The van der Waals surface area contributed by atoms with Crippen molar-refractivity contribution in [1.29, 1.82) is 0 Å². The highest BCUT2D eigenvalue weighted by atomic mass is 16.3. The summed E-state index contributed by atoms with van der Waals surface area (Å²) in [5, 5.41) is 17.1. The molecule has 0 aliphatic heterocycles. The summed E-state index contributed by atoms with van der Waals surface area (Å²) in [5.74, 6) is 0.253. The predicted molar refractivity (Wildman–Crippen MR) is 82.3 cm³/mol. The highest BCUT2D eigenvalue weighted by molar-refractivity contribution is 5.93. The van der Waals surface area contributed by atoms with Gasteiger partial charge in [-0.25, -0.2) is 0 Å². The molecule has 1 unspecified atom stereocenters. The van der Waals surface area contributed by atoms with Crippen molar-refractivity contribution in [1.82, 2.24) is 15.1 Å². The van der Waals surface area contributed by atoms with Gasteiger partial charge in [-0.05, 0) is 51.5 Å². The van der Waals surface area contributed by atoms with Gasteiger partial charge >= 0.3 is 0 Å². The minimum atomic E-state index is -0.520. The summed E-state index contributed by atoms with van der Waals surface area (Å²) in [6.07, 6.45) is 4.03. The van der Waals surface area contributed by atoms with Crippen LogP contribution in [0, 0.1) is 12.8 Å². The monoisotopic (exact) mass is 293 g/mol. The van der Waals surface area contributed by atoms with Crippen molar-refractivity contribution in [3.63, 3.8) is 0 Å². The Bertz CT molecular complexity index is 504. The number of aliphatic hydroxyl groups is 1. The molecule has 1 atom stereocenters. The summed E-state index contributed by atoms with van der Waals surface area (Å²) in [4.78, 5) is 12.6. The molecule has 21 heavy (non-hydrogen) atoms. The van der Waals surface area contributed by atoms with Gasteiger partial charge in [0.15, 0.2) is 0 Å². The minimum Gasteiger partial charge on any atom is -0.394 e. The Balaban J connectivity index is 2.22. The number of hydrogen-bond acceptors (Lipinski definition) is 3. The van der Waals surface area contributed by atoms with Crippen molar-refractivity contribution >= 4 is 5.91 Å². The average Bonchev–Trinajstić information content (AvgIpc) is 3.24. The fourth-order valence-corrected chi connectivity index (χ4v) is 2.91. The lowest BCUT2D eigenvalue weighted by atomic mass is 9.96. The van der Waals surface area contributed by atoms with E-state index in [2.05, 4.69) is 24.3 Å². The van der Waals surface area contributed by atoms with E-state index in [0.29, 0.717) is 11.6 Å². The van der Waals surface area contributed by atoms with Gasteiger partial charge in [-0.3, -0.25) is 9.48 Å². The van der Waals surface area contributed by atoms with E-state index in [-0.39, 0.29) is 18.6 Å². The number of aromatic nitrogens is 2. The van der Waals surface area contributed by atoms with Crippen LogP contribution < -0.4 is 5.32 Å². The van der Waals surface area contributed by atoms with Crippen LogP contribution in [-0.2, 0) is 0 Å². The molecule has 2 N–H and O–H groups in total. The van der Waals surface area contributed by atoms with Gasteiger partial charge in [0, 0.05) is 0 Å². The van der Waals surface area contributed by atoms with E-state index in [4.69, 9.17) is 0 Å². The van der Waals surface area contributed by atoms with E-state index < -0.39 is 5.54 Å². The smallest absolute Gasteiger partial charge is 0.270 e. The van der Waals surface area contributed by atoms with E-state index in [1.165, 1.54) is 0 Å². The summed E-state index contributed by atoms with van der Waals surface area (Å²) in [6.45, 7) is 8.01. The van der Waals surface area contributed by atoms with Crippen molar-refractivity contribution in [3.05, 3.63) is 17.5 Å². The normalized spacial score (nSPS) is 17.8. The van der Waals surface area contributed by atoms with Gasteiger partial charge in [-0.1, -0.05) is 13.8 Å². The van der Waals surface area contributed by atoms with Gasteiger partial charge in [0.05, 0.1) is 23.9 Å². The molecule has 1 fully saturated rings. The van der Waals surface area contributed by atoms with Gasteiger partial charge in [-0.2, -0.15) is 5.10 Å². The molecule has 1 amide bonds. The minimum absolute atomic E-state index is 0.0263. The molecular weight excluding hydrogens is 266 g/mol. The summed E-state index contributed by atoms with van der Waals surface area (Å²) < 4.78 is 1.84. The van der Waals surface area contributed by atoms with Crippen LogP contribution in [0.3, 0.4) is 0 Å². The first-order valence-corrected chi connectivity index (χ1v) is 7.94. The average molecular weight is 293 g/mol. The van der Waals surface area contributed by atoms with Crippen LogP contribution in [0.1, 0.15) is 68.7 Å². The Labute approximate surface area is 126 Å². The number of carbonyl (C=O) groups is 1. The third kappa shape index (κ3) is 3.28. The van der Waals surface area contributed by atoms with Crippen molar-refractivity contribution in [3.8, 4) is 0 Å². The van der Waals surface area contributed by atoms with E-state index in [1.807, 2.05) is 24.6 Å². The van der Waals surface area contributed by atoms with Crippen LogP contribution >= 0.6 is 0 Å². The van der Waals surface area contributed by atoms with Crippen LogP contribution in [0.4, 0.5) is 0 Å². The first-order valence-electron chi connectivity index (χ1n) is 7.94. The molecule has 0 bridgehead atoms. The Morgan fingerprint density at radius 2 is 2.14 bits per heavy atom. The quantitative estimate of drug-likeness (QED) is 0.811. The van der Waals surface area contributed by atoms with Crippen LogP contribution in [0.25, 0.3) is 0 Å². The van der Waals surface area contributed by atoms with Crippen molar-refractivity contribution in [2.24, 2.45) is 5.92 Å². The van der Waals surface area contributed by atoms with E-state index in [9.17, 15) is 9.90 Å². The maximum absolute atomic E-state index is 12.6. The fourth-order valence-electron chi connectivity index (χ4n) is 2.91. The number of hydrogen-bond donors (Lipinski definition) is 2. The summed E-state index contributed by atoms with van der Waals surface area (Å²) in [5.41, 5.74) is 0.930. The Morgan fingerprint density at radius 1 is 1.52 bits per heavy atom. The molecule has 1 saturated carbocycles. The molecule has 1 aromatic heterocycles. The van der Waals surface area contributed by atoms with Crippen molar-refractivity contribution in [2.45, 2.75) is 65.0 Å². The second-order valence-corrected chi connectivity index (χ2v) is 6.39. The molecule has 0 aromatic carbocycles. The van der Waals surface area contributed by atoms with Gasteiger partial charge in [0.25, 0.3) is 5.91 Å². The fraction of sp³-hybridized carbons (Fsp3) is 0.750. The molecule has 1 aliphatic rings. The second kappa shape index (κ2) is 6.18. The molecule has 1 aromatic rings. The van der Waals surface area contributed by atoms with Gasteiger partial charge in [-0.15, -0.1) is 0 Å². The van der Waals surface area contributed by atoms with E-state index >= 15 is 0 Å². The molecule has 0 spiro atoms. The number of aliphatic hydroxyl groups excluding tert-OH is 1. The van der Waals surface area contributed by atoms with Crippen molar-refractivity contribution in [2.75, 3.05) is 6.61 Å². The maximum Gasteiger partial charge on any atom is 0.270 e. The van der Waals surface area contributed by atoms with Crippen LogP contribution in [0.15, 0.2) is 6.07 Å². The molecule has 0 radical (unpaired) electrons. The van der Waals surface area contributed by atoms with Crippen LogP contribution in [0.2, 0.25) is 0 Å². The number of nitrogens with zero attached hydrogens (tertiary/aromatic N) is 2. The van der Waals surface area contributed by atoms with Crippen LogP contribution in [0.5, 0.6) is 0 Å². The molecule has 2 rings (SSSR count). The zero-order valence-electron chi connectivity index (χ0n) is 13.5. The van der Waals surface area contributed by atoms with Gasteiger partial charge in [0.2, 0.25) is 0 Å². The molecule has 5 nitrogen and oxygen atoms in total. The standard InChI is InChI=1S/C16H27N3O2/c1-5-13(6-2)19-14(9-11(3)18-19)15(21)17-16(4,10-20)12-7-8-12/h9,12-13,20H,5-8,10H2,1-4H3,(H,17,21). The first-order chi connectivity index (χ1) is 9.95. The van der Waals surface area contributed by atoms with Gasteiger partial charge in [0.1, 0.15) is 5.69 Å². The lowest BCUT2D eigenvalue weighted by Crippen LogP contribution is -2.51. The Kier molecular flexibility index (Phi) is 4.71. The molecule has 1 heterocycles. The van der Waals surface area contributed by atoms with E-state index in [1.54, 1.807) is 0 Å². The maximum atomic E-state index is 12.6. The number of amides is 1. The number of carbonyl (C=O) groups excluding carboxylic acids is 1. The highest BCUT2D eigenvalue weighted by Gasteiger charge is 2.42. The zero-order valence-corrected chi connectivity index (χ0v) is 13.5. The molecule has 118 valence electrons. The third-order valence-corrected chi connectivity index (χ3v) is 4.58. The number of rotatable bonds is 7. The summed E-state index contributed by atoms with van der Waals surface area (Å²) in [7, 11) is 0. The number of nitrogens with one attached hydrogen (secondary N) is 1. The molecular formula is C16H27N3O2. The first kappa shape index (κ1) is 16.0. The van der Waals surface area contributed by atoms with E-state index in [0.717, 1.165) is 31.4 Å². The predicted octanol–water partition coefficient (Wildman–Crippen LogP) is 2.44. The third-order valence-electron chi connectivity index (χ3n) is 4.58. The second-order valence-electron chi connectivity index (χ2n) is 6.39. The topological polar surface area (TPSA) is 67.2 Å². The Hall–Kier alpha value is -1.36. The molecule has 0 saturated heterocycles. The summed E-state index contributed by atoms with van der Waals surface area (Å²) in [6, 6.07) is 2.07. The number of aryl methyl sites for hydroxylation is 1. The lowest BCUT2D eigenvalue weighted by Gasteiger charge is -2.29. The zero-order chi connectivity index (χ0) is 15.6.